The molecule has 0 aliphatic carbocycles. The normalized spacial score (nSPS) is 13.5. The Morgan fingerprint density at radius 3 is 2.59 bits per heavy atom. The van der Waals surface area contributed by atoms with E-state index in [-0.39, 0.29) is 17.0 Å². The second kappa shape index (κ2) is 8.16. The Balaban J connectivity index is 1.93. The van der Waals surface area contributed by atoms with E-state index in [4.69, 9.17) is 0 Å². The van der Waals surface area contributed by atoms with Crippen LogP contribution in [0.4, 0.5) is 5.69 Å². The van der Waals surface area contributed by atoms with Gasteiger partial charge in [0.05, 0.1) is 0 Å². The topological polar surface area (TPSA) is 87.1 Å². The van der Waals surface area contributed by atoms with Crippen LogP contribution in [0.25, 0.3) is 11.0 Å². The third-order valence-electron chi connectivity index (χ3n) is 5.52. The van der Waals surface area contributed by atoms with Crippen LogP contribution in [0.5, 0.6) is 0 Å². The van der Waals surface area contributed by atoms with Gasteiger partial charge >= 0.3 is 0 Å². The minimum absolute atomic E-state index is 0.0185. The van der Waals surface area contributed by atoms with Crippen LogP contribution in [0.3, 0.4) is 0 Å². The molecule has 8 nitrogen and oxygen atoms in total. The van der Waals surface area contributed by atoms with E-state index in [0.717, 1.165) is 16.7 Å². The summed E-state index contributed by atoms with van der Waals surface area (Å²) in [4.78, 5) is 13.9. The molecule has 29 heavy (non-hydrogen) atoms. The predicted molar refractivity (Wildman–Crippen MR) is 116 cm³/mol. The van der Waals surface area contributed by atoms with E-state index in [1.165, 1.54) is 4.31 Å². The van der Waals surface area contributed by atoms with E-state index in [2.05, 4.69) is 33.7 Å². The van der Waals surface area contributed by atoms with Crippen molar-refractivity contribution in [2.24, 2.45) is 13.0 Å². The van der Waals surface area contributed by atoms with Gasteiger partial charge in [-0.05, 0) is 25.0 Å². The molecular weight excluding hydrogens is 388 g/mol. The molecular formula is C20H30N6O2S. The van der Waals surface area contributed by atoms with Crippen LogP contribution in [0.2, 0.25) is 0 Å². The molecule has 0 aromatic carbocycles. The molecule has 3 rings (SSSR count). The van der Waals surface area contributed by atoms with Crippen molar-refractivity contribution in [2.45, 2.75) is 38.8 Å². The largest absolute Gasteiger partial charge is 0.369 e. The zero-order valence-electron chi connectivity index (χ0n) is 17.9. The van der Waals surface area contributed by atoms with Gasteiger partial charge in [0, 0.05) is 62.9 Å². The Bertz CT molecular complexity index is 1070. The number of aromatic amines is 1. The number of nitrogens with zero attached hydrogens (tertiary/aromatic N) is 5. The van der Waals surface area contributed by atoms with Crippen LogP contribution >= 0.6 is 0 Å². The van der Waals surface area contributed by atoms with Gasteiger partial charge in [0.15, 0.2) is 5.03 Å². The molecule has 0 aliphatic rings. The van der Waals surface area contributed by atoms with Crippen molar-refractivity contribution < 1.29 is 8.42 Å². The van der Waals surface area contributed by atoms with Gasteiger partial charge in [-0.2, -0.15) is 4.31 Å². The van der Waals surface area contributed by atoms with Crippen molar-refractivity contribution in [2.75, 3.05) is 25.0 Å². The average molecular weight is 419 g/mol. The first-order valence-electron chi connectivity index (χ1n) is 9.81. The first-order chi connectivity index (χ1) is 13.7. The summed E-state index contributed by atoms with van der Waals surface area (Å²) < 4.78 is 29.7. The van der Waals surface area contributed by atoms with Gasteiger partial charge in [-0.3, -0.25) is 0 Å². The minimum Gasteiger partial charge on any atom is -0.369 e. The first-order valence-corrected chi connectivity index (χ1v) is 11.3. The maximum atomic E-state index is 13.2. The van der Waals surface area contributed by atoms with Crippen LogP contribution in [0.1, 0.15) is 26.6 Å². The molecule has 9 heteroatoms. The Labute approximate surface area is 172 Å². The van der Waals surface area contributed by atoms with Crippen molar-refractivity contribution in [1.29, 1.82) is 0 Å². The van der Waals surface area contributed by atoms with E-state index in [1.807, 2.05) is 32.3 Å². The lowest BCUT2D eigenvalue weighted by atomic mass is 10.0. The smallest absolute Gasteiger partial charge is 0.262 e. The summed E-state index contributed by atoms with van der Waals surface area (Å²) in [5, 5.41) is 1.12. The first kappa shape index (κ1) is 21.3. The molecule has 0 spiro atoms. The van der Waals surface area contributed by atoms with Gasteiger partial charge in [-0.1, -0.05) is 20.8 Å². The van der Waals surface area contributed by atoms with Gasteiger partial charge in [-0.25, -0.2) is 18.4 Å². The van der Waals surface area contributed by atoms with Crippen molar-refractivity contribution in [3.05, 3.63) is 36.5 Å². The van der Waals surface area contributed by atoms with Crippen LogP contribution in [0.15, 0.2) is 35.7 Å². The number of H-pyrrole nitrogens is 1. The lowest BCUT2D eigenvalue weighted by Crippen LogP contribution is -2.47. The maximum Gasteiger partial charge on any atom is 0.262 e. The van der Waals surface area contributed by atoms with Crippen molar-refractivity contribution in [1.82, 2.24) is 23.8 Å². The number of pyridine rings is 1. The molecule has 0 amide bonds. The van der Waals surface area contributed by atoms with E-state index in [1.54, 1.807) is 30.9 Å². The van der Waals surface area contributed by atoms with E-state index in [9.17, 15) is 8.42 Å². The van der Waals surface area contributed by atoms with Crippen LogP contribution < -0.4 is 4.90 Å². The average Bonchev–Trinajstić information content (AvgIpc) is 3.28. The highest BCUT2D eigenvalue weighted by molar-refractivity contribution is 7.89. The molecule has 3 aromatic rings. The van der Waals surface area contributed by atoms with Crippen molar-refractivity contribution in [3.8, 4) is 0 Å². The molecule has 0 aliphatic heterocycles. The Hall–Kier alpha value is -2.39. The second-order valence-corrected chi connectivity index (χ2v) is 9.57. The number of rotatable bonds is 8. The molecule has 0 saturated carbocycles. The van der Waals surface area contributed by atoms with Gasteiger partial charge < -0.3 is 14.5 Å². The zero-order valence-corrected chi connectivity index (χ0v) is 18.7. The summed E-state index contributed by atoms with van der Waals surface area (Å²) in [6.07, 6.45) is 5.21. The predicted octanol–water partition coefficient (Wildman–Crippen LogP) is 2.78. The fourth-order valence-corrected chi connectivity index (χ4v) is 5.09. The van der Waals surface area contributed by atoms with E-state index < -0.39 is 10.0 Å². The number of nitrogens with one attached hydrogen (secondary N) is 1. The molecule has 0 saturated heterocycles. The SMILES string of the molecule is CCN(CC(C(C)C)N(C)c1ccnc2[nH]ccc12)S(=O)(=O)c1cn(C)c(C)n1. The van der Waals surface area contributed by atoms with Crippen LogP contribution in [0, 0.1) is 12.8 Å². The summed E-state index contributed by atoms with van der Waals surface area (Å²) >= 11 is 0. The van der Waals surface area contributed by atoms with E-state index >= 15 is 0 Å². The highest BCUT2D eigenvalue weighted by Gasteiger charge is 2.31. The number of anilines is 1. The lowest BCUT2D eigenvalue weighted by molar-refractivity contribution is 0.347. The molecule has 158 valence electrons. The number of hydrogen-bond acceptors (Lipinski definition) is 5. The molecule has 3 aromatic heterocycles. The second-order valence-electron chi connectivity index (χ2n) is 7.69. The monoisotopic (exact) mass is 418 g/mol. The Morgan fingerprint density at radius 1 is 1.28 bits per heavy atom. The number of sulfonamides is 1. The number of fused-ring (bicyclic) bond motifs is 1. The molecule has 0 bridgehead atoms. The van der Waals surface area contributed by atoms with E-state index in [0.29, 0.717) is 18.9 Å². The summed E-state index contributed by atoms with van der Waals surface area (Å²) in [7, 11) is 0.139. The van der Waals surface area contributed by atoms with Gasteiger partial charge in [0.1, 0.15) is 11.5 Å². The third-order valence-corrected chi connectivity index (χ3v) is 7.33. The number of hydrogen-bond donors (Lipinski definition) is 1. The fraction of sp³-hybridized carbons (Fsp3) is 0.500. The van der Waals surface area contributed by atoms with Crippen LogP contribution in [-0.4, -0.2) is 58.4 Å². The molecule has 1 atom stereocenters. The summed E-state index contributed by atoms with van der Waals surface area (Å²) in [6.45, 7) is 8.64. The zero-order chi connectivity index (χ0) is 21.3. The molecule has 1 N–H and O–H groups in total. The minimum atomic E-state index is -3.67. The Morgan fingerprint density at radius 2 is 2.00 bits per heavy atom. The summed E-state index contributed by atoms with van der Waals surface area (Å²) in [5.74, 6) is 0.903. The quantitative estimate of drug-likeness (QED) is 0.608. The number of likely N-dealkylation sites (N-methyl/N-ethyl adjacent to an activating group) is 2. The summed E-state index contributed by atoms with van der Waals surface area (Å²) in [6, 6.07) is 3.95. The molecule has 3 heterocycles. The molecule has 1 unspecified atom stereocenters. The van der Waals surface area contributed by atoms with Crippen molar-refractivity contribution >= 4 is 26.7 Å². The number of aromatic nitrogens is 4. The highest BCUT2D eigenvalue weighted by Crippen LogP contribution is 2.28. The highest BCUT2D eigenvalue weighted by atomic mass is 32.2. The maximum absolute atomic E-state index is 13.2. The van der Waals surface area contributed by atoms with Gasteiger partial charge in [-0.15, -0.1) is 0 Å². The summed E-state index contributed by atoms with van der Waals surface area (Å²) in [5.41, 5.74) is 1.85. The molecule has 0 fully saturated rings. The fourth-order valence-electron chi connectivity index (χ4n) is 3.60. The molecule has 0 radical (unpaired) electrons. The number of aryl methyl sites for hydroxylation is 2. The lowest BCUT2D eigenvalue weighted by Gasteiger charge is -2.36. The third kappa shape index (κ3) is 4.02. The van der Waals surface area contributed by atoms with Crippen molar-refractivity contribution in [3.63, 3.8) is 0 Å². The van der Waals surface area contributed by atoms with Gasteiger partial charge in [0.2, 0.25) is 0 Å². The standard InChI is InChI=1S/C20H30N6O2S/c1-7-26(29(27,28)19-13-24(5)15(4)23-19)12-18(14(2)3)25(6)17-9-11-22-20-16(17)8-10-21-20/h8-11,13-14,18H,7,12H2,1-6H3,(H,21,22). The van der Waals surface area contributed by atoms with Crippen LogP contribution in [-0.2, 0) is 17.1 Å². The Kier molecular flexibility index (Phi) is 6.00. The number of imidazole rings is 1. The van der Waals surface area contributed by atoms with Gasteiger partial charge in [0.25, 0.3) is 10.0 Å².